The predicted octanol–water partition coefficient (Wildman–Crippen LogP) is 24.5. The fourth-order valence-corrected chi connectivity index (χ4v) is 10.4. The van der Waals surface area contributed by atoms with E-state index in [1.807, 2.05) is 0 Å². The van der Waals surface area contributed by atoms with Crippen molar-refractivity contribution in [2.45, 2.75) is 413 Å². The van der Waals surface area contributed by atoms with Gasteiger partial charge in [-0.3, -0.25) is 9.59 Å². The average Bonchev–Trinajstić information content (AvgIpc) is 3.38. The zero-order valence-corrected chi connectivity index (χ0v) is 50.5. The van der Waals surface area contributed by atoms with Crippen molar-refractivity contribution in [3.8, 4) is 0 Å². The Kier molecular flexibility index (Phi) is 70.9. The normalized spacial score (nSPS) is 11.3. The second kappa shape index (κ2) is 69.9. The first-order chi connectivity index (χ1) is 35.6. The quantitative estimate of drug-likeness (QED) is 0.0450. The van der Waals surface area contributed by atoms with Crippen LogP contribution in [-0.2, 0) is 19.1 Å². The van der Waals surface area contributed by atoms with Gasteiger partial charge in [-0.15, -0.1) is 0 Å². The van der Waals surface area contributed by atoms with E-state index in [1.165, 1.54) is 347 Å². The van der Waals surface area contributed by atoms with Crippen LogP contribution in [-0.4, -0.2) is 25.2 Å². The minimum Gasteiger partial charge on any atom is -0.466 e. The Morgan fingerprint density at radius 3 is 0.458 bits per heavy atom. The highest BCUT2D eigenvalue weighted by molar-refractivity contribution is 5.69. The van der Waals surface area contributed by atoms with Crippen molar-refractivity contribution >= 4 is 11.9 Å². The Morgan fingerprint density at radius 1 is 0.181 bits per heavy atom. The topological polar surface area (TPSA) is 52.6 Å². The fraction of sp³-hybridized carbons (Fsp3) is 0.971. The Labute approximate surface area is 455 Å². The highest BCUT2D eigenvalue weighted by atomic mass is 16.5. The summed E-state index contributed by atoms with van der Waals surface area (Å²) in [6.07, 6.45) is 80.3. The van der Waals surface area contributed by atoms with E-state index >= 15 is 0 Å². The lowest BCUT2D eigenvalue weighted by Gasteiger charge is -2.06. The molecule has 4 heteroatoms. The smallest absolute Gasteiger partial charge is 0.305 e. The molecule has 0 saturated carbocycles. The van der Waals surface area contributed by atoms with E-state index in [2.05, 4.69) is 27.7 Å². The number of rotatable bonds is 62. The lowest BCUT2D eigenvalue weighted by molar-refractivity contribution is -0.144. The van der Waals surface area contributed by atoms with Crippen LogP contribution in [0.3, 0.4) is 0 Å². The van der Waals surface area contributed by atoms with Gasteiger partial charge in [0.05, 0.1) is 13.2 Å². The lowest BCUT2D eigenvalue weighted by atomic mass is 10.0. The van der Waals surface area contributed by atoms with E-state index in [9.17, 15) is 9.59 Å². The zero-order valence-electron chi connectivity index (χ0n) is 50.5. The van der Waals surface area contributed by atoms with Gasteiger partial charge in [-0.2, -0.15) is 0 Å². The summed E-state index contributed by atoms with van der Waals surface area (Å²) in [5.74, 6) is 0.0535. The molecule has 432 valence electrons. The molecule has 0 heterocycles. The van der Waals surface area contributed by atoms with Gasteiger partial charge in [-0.25, -0.2) is 0 Å². The lowest BCUT2D eigenvalue weighted by Crippen LogP contribution is -2.05. The number of hydrogen-bond donors (Lipinski definition) is 0. The van der Waals surface area contributed by atoms with Gasteiger partial charge in [0, 0.05) is 12.8 Å². The van der Waals surface area contributed by atoms with Crippen molar-refractivity contribution in [2.24, 2.45) is 0 Å². The molecular weight excluding hydrogens is 881 g/mol. The number of ether oxygens (including phenoxy) is 2. The molecule has 0 atom stereocenters. The van der Waals surface area contributed by atoms with Gasteiger partial charge in [0.1, 0.15) is 0 Å². The molecule has 0 bridgehead atoms. The summed E-state index contributed by atoms with van der Waals surface area (Å²) < 4.78 is 10.8. The third-order valence-electron chi connectivity index (χ3n) is 15.5. The summed E-state index contributed by atoms with van der Waals surface area (Å²) in [6, 6.07) is 0. The fourth-order valence-electron chi connectivity index (χ4n) is 10.4. The number of unbranched alkanes of at least 4 members (excludes halogenated alkanes) is 54. The Balaban J connectivity index is 0. The molecule has 0 aromatic rings. The number of hydrogen-bond acceptors (Lipinski definition) is 4. The van der Waals surface area contributed by atoms with Gasteiger partial charge in [-0.05, 0) is 25.7 Å². The van der Waals surface area contributed by atoms with Crippen LogP contribution in [0.15, 0.2) is 0 Å². The highest BCUT2D eigenvalue weighted by Gasteiger charge is 2.05. The van der Waals surface area contributed by atoms with Crippen molar-refractivity contribution in [1.29, 1.82) is 0 Å². The molecule has 0 aromatic heterocycles. The molecule has 0 aliphatic rings. The first-order valence-electron chi connectivity index (χ1n) is 33.9. The summed E-state index contributed by atoms with van der Waals surface area (Å²) in [6.45, 7) is 10.4. The van der Waals surface area contributed by atoms with E-state index in [0.29, 0.717) is 26.1 Å². The van der Waals surface area contributed by atoms with Gasteiger partial charge in [-0.1, -0.05) is 374 Å². The van der Waals surface area contributed by atoms with Crippen LogP contribution >= 0.6 is 0 Å². The SMILES string of the molecule is CCCCCCCCCCCCCCCCCC(=O)OCCCCCCCCCCCCCC.CCCCCCCCCCCCCCCCCCCCCC(=O)OCCCCCCCCCCCCCC. The molecule has 4 nitrogen and oxygen atoms in total. The summed E-state index contributed by atoms with van der Waals surface area (Å²) in [5.41, 5.74) is 0. The van der Waals surface area contributed by atoms with Crippen molar-refractivity contribution < 1.29 is 19.1 Å². The third-order valence-corrected chi connectivity index (χ3v) is 15.5. The van der Waals surface area contributed by atoms with E-state index < -0.39 is 0 Å². The second-order valence-electron chi connectivity index (χ2n) is 23.0. The maximum absolute atomic E-state index is 11.9. The van der Waals surface area contributed by atoms with Crippen LogP contribution in [0.4, 0.5) is 0 Å². The largest absolute Gasteiger partial charge is 0.466 e. The Bertz CT molecular complexity index is 964. The van der Waals surface area contributed by atoms with Crippen molar-refractivity contribution in [1.82, 2.24) is 0 Å². The third kappa shape index (κ3) is 71.0. The van der Waals surface area contributed by atoms with Crippen LogP contribution in [0.5, 0.6) is 0 Å². The van der Waals surface area contributed by atoms with Crippen LogP contribution < -0.4 is 0 Å². The van der Waals surface area contributed by atoms with Gasteiger partial charge in [0.25, 0.3) is 0 Å². The molecule has 72 heavy (non-hydrogen) atoms. The molecular formula is C68H136O4. The Morgan fingerprint density at radius 2 is 0.306 bits per heavy atom. The van der Waals surface area contributed by atoms with E-state index in [0.717, 1.165) is 25.7 Å². The number of carbonyl (C=O) groups is 2. The maximum atomic E-state index is 11.9. The van der Waals surface area contributed by atoms with Crippen molar-refractivity contribution in [3.63, 3.8) is 0 Å². The van der Waals surface area contributed by atoms with Gasteiger partial charge < -0.3 is 9.47 Å². The van der Waals surface area contributed by atoms with Crippen LogP contribution in [0.25, 0.3) is 0 Å². The van der Waals surface area contributed by atoms with Crippen molar-refractivity contribution in [2.75, 3.05) is 13.2 Å². The van der Waals surface area contributed by atoms with E-state index in [1.54, 1.807) is 0 Å². The molecule has 0 rings (SSSR count). The molecule has 0 aromatic carbocycles. The van der Waals surface area contributed by atoms with Gasteiger partial charge in [0.15, 0.2) is 0 Å². The van der Waals surface area contributed by atoms with Crippen molar-refractivity contribution in [3.05, 3.63) is 0 Å². The molecule has 0 spiro atoms. The number of carbonyl (C=O) groups excluding carboxylic acids is 2. The molecule has 0 radical (unpaired) electrons. The van der Waals surface area contributed by atoms with Gasteiger partial charge >= 0.3 is 11.9 Å². The number of esters is 2. The molecule has 0 aliphatic heterocycles. The minimum absolute atomic E-state index is 0.0257. The second-order valence-corrected chi connectivity index (χ2v) is 23.0. The van der Waals surface area contributed by atoms with Crippen LogP contribution in [0, 0.1) is 0 Å². The molecule has 0 fully saturated rings. The summed E-state index contributed by atoms with van der Waals surface area (Å²) >= 11 is 0. The summed E-state index contributed by atoms with van der Waals surface area (Å²) in [5, 5.41) is 0. The first-order valence-corrected chi connectivity index (χ1v) is 33.9. The minimum atomic E-state index is 0.0257. The zero-order chi connectivity index (χ0) is 52.4. The molecule has 0 saturated heterocycles. The summed E-state index contributed by atoms with van der Waals surface area (Å²) in [4.78, 5) is 23.8. The Hall–Kier alpha value is -1.06. The van der Waals surface area contributed by atoms with E-state index in [-0.39, 0.29) is 11.9 Å². The molecule has 0 amide bonds. The van der Waals surface area contributed by atoms with Crippen LogP contribution in [0.2, 0.25) is 0 Å². The summed E-state index contributed by atoms with van der Waals surface area (Å²) in [7, 11) is 0. The van der Waals surface area contributed by atoms with Crippen LogP contribution in [0.1, 0.15) is 413 Å². The van der Waals surface area contributed by atoms with Gasteiger partial charge in [0.2, 0.25) is 0 Å². The molecule has 0 N–H and O–H groups in total. The molecule has 0 aliphatic carbocycles. The average molecular weight is 1020 g/mol. The highest BCUT2D eigenvalue weighted by Crippen LogP contribution is 2.18. The standard InChI is InChI=1S/C36H72O2.C32H64O2/c1-3-5-7-9-11-13-15-17-18-19-20-21-22-23-24-26-28-30-32-34-36(37)38-35-33-31-29-27-25-16-14-12-10-8-6-4-2;1-3-5-7-9-11-13-15-17-18-19-20-22-24-26-28-30-32(33)34-31-29-27-25-23-21-16-14-12-10-8-6-4-2/h3-35H2,1-2H3;3-31H2,1-2H3. The first kappa shape index (κ1) is 73.0. The predicted molar refractivity (Wildman–Crippen MR) is 322 cm³/mol. The molecule has 0 unspecified atom stereocenters. The maximum Gasteiger partial charge on any atom is 0.305 e. The van der Waals surface area contributed by atoms with E-state index in [4.69, 9.17) is 9.47 Å². The monoisotopic (exact) mass is 1020 g/mol.